The van der Waals surface area contributed by atoms with Crippen molar-refractivity contribution in [3.63, 3.8) is 0 Å². The Hall–Kier alpha value is -2.31. The lowest BCUT2D eigenvalue weighted by Crippen LogP contribution is -2.17. The third-order valence-electron chi connectivity index (χ3n) is 2.39. The standard InChI is InChI=1S/C10H13N5O2/c1-3-14(2)9-12-8-6-7(11-10(16)17)4-5-15(8)13-9/h4-6,11H,3H2,1-2H3,(H,16,17). The Balaban J connectivity index is 2.37. The lowest BCUT2D eigenvalue weighted by atomic mass is 10.4. The Bertz CT molecular complexity index is 551. The third-order valence-corrected chi connectivity index (χ3v) is 2.39. The van der Waals surface area contributed by atoms with Gasteiger partial charge in [-0.2, -0.15) is 4.98 Å². The van der Waals surface area contributed by atoms with E-state index in [-0.39, 0.29) is 0 Å². The summed E-state index contributed by atoms with van der Waals surface area (Å²) in [6.45, 7) is 2.81. The van der Waals surface area contributed by atoms with Gasteiger partial charge in [0.1, 0.15) is 0 Å². The van der Waals surface area contributed by atoms with E-state index in [0.29, 0.717) is 17.3 Å². The van der Waals surface area contributed by atoms with Crippen molar-refractivity contribution in [1.29, 1.82) is 0 Å². The van der Waals surface area contributed by atoms with Crippen LogP contribution in [0.4, 0.5) is 16.4 Å². The number of aromatic nitrogens is 3. The van der Waals surface area contributed by atoms with Crippen molar-refractivity contribution in [3.05, 3.63) is 18.3 Å². The molecular formula is C10H13N5O2. The largest absolute Gasteiger partial charge is 0.465 e. The van der Waals surface area contributed by atoms with Crippen molar-refractivity contribution >= 4 is 23.4 Å². The number of pyridine rings is 1. The predicted octanol–water partition coefficient (Wildman–Crippen LogP) is 1.28. The maximum absolute atomic E-state index is 10.5. The molecule has 0 aliphatic heterocycles. The number of carboxylic acid groups (broad SMARTS) is 1. The summed E-state index contributed by atoms with van der Waals surface area (Å²) in [5.41, 5.74) is 1.08. The number of amides is 1. The Morgan fingerprint density at radius 2 is 2.41 bits per heavy atom. The molecule has 0 aliphatic carbocycles. The molecule has 2 heterocycles. The average molecular weight is 235 g/mol. The molecule has 90 valence electrons. The highest BCUT2D eigenvalue weighted by atomic mass is 16.4. The second kappa shape index (κ2) is 4.28. The van der Waals surface area contributed by atoms with Crippen LogP contribution in [0.1, 0.15) is 6.92 Å². The molecule has 1 amide bonds. The summed E-state index contributed by atoms with van der Waals surface area (Å²) >= 11 is 0. The maximum Gasteiger partial charge on any atom is 0.409 e. The summed E-state index contributed by atoms with van der Waals surface area (Å²) in [5, 5.41) is 15.1. The van der Waals surface area contributed by atoms with E-state index < -0.39 is 6.09 Å². The first-order valence-corrected chi connectivity index (χ1v) is 5.17. The molecule has 17 heavy (non-hydrogen) atoms. The van der Waals surface area contributed by atoms with Crippen LogP contribution in [0.15, 0.2) is 18.3 Å². The van der Waals surface area contributed by atoms with E-state index in [1.807, 2.05) is 18.9 Å². The number of fused-ring (bicyclic) bond motifs is 1. The van der Waals surface area contributed by atoms with Gasteiger partial charge in [0.2, 0.25) is 5.95 Å². The summed E-state index contributed by atoms with van der Waals surface area (Å²) in [7, 11) is 1.89. The molecule has 0 atom stereocenters. The van der Waals surface area contributed by atoms with Gasteiger partial charge in [0.15, 0.2) is 5.65 Å². The molecule has 0 spiro atoms. The normalized spacial score (nSPS) is 10.5. The van der Waals surface area contributed by atoms with Crippen molar-refractivity contribution in [3.8, 4) is 0 Å². The zero-order chi connectivity index (χ0) is 12.4. The van der Waals surface area contributed by atoms with Gasteiger partial charge in [-0.25, -0.2) is 9.31 Å². The highest BCUT2D eigenvalue weighted by Crippen LogP contribution is 2.13. The fraction of sp³-hybridized carbons (Fsp3) is 0.300. The minimum Gasteiger partial charge on any atom is -0.465 e. The Morgan fingerprint density at radius 1 is 1.65 bits per heavy atom. The zero-order valence-electron chi connectivity index (χ0n) is 9.58. The molecule has 0 aromatic carbocycles. The Kier molecular flexibility index (Phi) is 2.82. The SMILES string of the molecule is CCN(C)c1nc2cc(NC(=O)O)ccn2n1. The molecule has 0 radical (unpaired) electrons. The molecule has 7 heteroatoms. The summed E-state index contributed by atoms with van der Waals surface area (Å²) in [6.07, 6.45) is 0.570. The first-order valence-electron chi connectivity index (χ1n) is 5.17. The van der Waals surface area contributed by atoms with Crippen LogP contribution in [-0.4, -0.2) is 39.4 Å². The highest BCUT2D eigenvalue weighted by molar-refractivity contribution is 5.83. The van der Waals surface area contributed by atoms with Gasteiger partial charge in [-0.05, 0) is 13.0 Å². The van der Waals surface area contributed by atoms with Gasteiger partial charge >= 0.3 is 6.09 Å². The van der Waals surface area contributed by atoms with Crippen LogP contribution in [0, 0.1) is 0 Å². The maximum atomic E-state index is 10.5. The second-order valence-corrected chi connectivity index (χ2v) is 3.57. The molecule has 2 aromatic heterocycles. The number of hydrogen-bond acceptors (Lipinski definition) is 4. The number of rotatable bonds is 3. The fourth-order valence-electron chi connectivity index (χ4n) is 1.37. The molecule has 0 fully saturated rings. The molecule has 2 N–H and O–H groups in total. The smallest absolute Gasteiger partial charge is 0.409 e. The topological polar surface area (TPSA) is 82.8 Å². The van der Waals surface area contributed by atoms with E-state index in [4.69, 9.17) is 5.11 Å². The highest BCUT2D eigenvalue weighted by Gasteiger charge is 2.07. The van der Waals surface area contributed by atoms with Crippen molar-refractivity contribution in [2.75, 3.05) is 23.8 Å². The quantitative estimate of drug-likeness (QED) is 0.837. The minimum absolute atomic E-state index is 0.475. The van der Waals surface area contributed by atoms with E-state index in [2.05, 4.69) is 15.4 Å². The van der Waals surface area contributed by atoms with E-state index in [9.17, 15) is 4.79 Å². The van der Waals surface area contributed by atoms with Crippen molar-refractivity contribution in [1.82, 2.24) is 14.6 Å². The predicted molar refractivity (Wildman–Crippen MR) is 63.6 cm³/mol. The lowest BCUT2D eigenvalue weighted by molar-refractivity contribution is 0.210. The number of anilines is 2. The van der Waals surface area contributed by atoms with Crippen molar-refractivity contribution in [2.24, 2.45) is 0 Å². The van der Waals surface area contributed by atoms with Gasteiger partial charge in [-0.15, -0.1) is 5.10 Å². The zero-order valence-corrected chi connectivity index (χ0v) is 9.58. The second-order valence-electron chi connectivity index (χ2n) is 3.57. The van der Waals surface area contributed by atoms with Crippen molar-refractivity contribution < 1.29 is 9.90 Å². The molecular weight excluding hydrogens is 222 g/mol. The molecule has 0 bridgehead atoms. The van der Waals surface area contributed by atoms with E-state index in [1.165, 1.54) is 0 Å². The lowest BCUT2D eigenvalue weighted by Gasteiger charge is -2.09. The molecule has 7 nitrogen and oxygen atoms in total. The monoisotopic (exact) mass is 235 g/mol. The minimum atomic E-state index is -1.10. The molecule has 0 saturated heterocycles. The van der Waals surface area contributed by atoms with E-state index in [0.717, 1.165) is 6.54 Å². The third kappa shape index (κ3) is 2.27. The van der Waals surface area contributed by atoms with Gasteiger partial charge < -0.3 is 10.0 Å². The number of nitrogens with one attached hydrogen (secondary N) is 1. The van der Waals surface area contributed by atoms with Crippen LogP contribution in [0.25, 0.3) is 5.65 Å². The Morgan fingerprint density at radius 3 is 3.06 bits per heavy atom. The molecule has 2 aromatic rings. The van der Waals surface area contributed by atoms with Gasteiger partial charge in [0, 0.05) is 31.5 Å². The summed E-state index contributed by atoms with van der Waals surface area (Å²) < 4.78 is 1.61. The first-order chi connectivity index (χ1) is 8.10. The fourth-order valence-corrected chi connectivity index (χ4v) is 1.37. The summed E-state index contributed by atoms with van der Waals surface area (Å²) in [6, 6.07) is 3.26. The Labute approximate surface area is 97.7 Å². The summed E-state index contributed by atoms with van der Waals surface area (Å²) in [5.74, 6) is 0.611. The number of hydrogen-bond donors (Lipinski definition) is 2. The molecule has 0 saturated carbocycles. The van der Waals surface area contributed by atoms with Crippen LogP contribution in [0.2, 0.25) is 0 Å². The number of carbonyl (C=O) groups is 1. The van der Waals surface area contributed by atoms with Crippen LogP contribution in [0.5, 0.6) is 0 Å². The number of nitrogens with zero attached hydrogens (tertiary/aromatic N) is 4. The van der Waals surface area contributed by atoms with Gasteiger partial charge in [0.25, 0.3) is 0 Å². The van der Waals surface area contributed by atoms with Crippen LogP contribution in [0.3, 0.4) is 0 Å². The molecule has 2 rings (SSSR count). The van der Waals surface area contributed by atoms with Crippen LogP contribution < -0.4 is 10.2 Å². The first kappa shape index (κ1) is 11.2. The van der Waals surface area contributed by atoms with Gasteiger partial charge in [0.05, 0.1) is 0 Å². The van der Waals surface area contributed by atoms with Crippen LogP contribution in [-0.2, 0) is 0 Å². The van der Waals surface area contributed by atoms with E-state index >= 15 is 0 Å². The van der Waals surface area contributed by atoms with E-state index in [1.54, 1.807) is 22.8 Å². The van der Waals surface area contributed by atoms with Crippen molar-refractivity contribution in [2.45, 2.75) is 6.92 Å². The van der Waals surface area contributed by atoms with Crippen LogP contribution >= 0.6 is 0 Å². The van der Waals surface area contributed by atoms with Gasteiger partial charge in [-0.3, -0.25) is 5.32 Å². The van der Waals surface area contributed by atoms with Gasteiger partial charge in [-0.1, -0.05) is 0 Å². The molecule has 0 aliphatic rings. The molecule has 0 unspecified atom stereocenters. The summed E-state index contributed by atoms with van der Waals surface area (Å²) in [4.78, 5) is 16.7. The average Bonchev–Trinajstić information content (AvgIpc) is 2.70.